The van der Waals surface area contributed by atoms with E-state index in [2.05, 4.69) is 10.6 Å². The van der Waals surface area contributed by atoms with Crippen molar-refractivity contribution in [3.63, 3.8) is 0 Å². The summed E-state index contributed by atoms with van der Waals surface area (Å²) in [5.74, 6) is -0.614. The second-order valence-corrected chi connectivity index (χ2v) is 11.4. The van der Waals surface area contributed by atoms with Gasteiger partial charge < -0.3 is 19.9 Å². The molecule has 0 radical (unpaired) electrons. The molecule has 234 valence electrons. The first kappa shape index (κ1) is 31.4. The molecule has 0 saturated carbocycles. The van der Waals surface area contributed by atoms with E-state index in [1.54, 1.807) is 6.07 Å². The van der Waals surface area contributed by atoms with Crippen molar-refractivity contribution in [1.82, 2.24) is 19.4 Å². The van der Waals surface area contributed by atoms with Crippen LogP contribution in [0.2, 0.25) is 0 Å². The molecule has 0 unspecified atom stereocenters. The number of anilines is 1. The van der Waals surface area contributed by atoms with E-state index >= 15 is 4.39 Å². The normalized spacial score (nSPS) is 14.5. The first-order chi connectivity index (χ1) is 21.4. The molecule has 1 atom stereocenters. The molecule has 1 aliphatic rings. The van der Waals surface area contributed by atoms with Crippen molar-refractivity contribution in [1.29, 1.82) is 0 Å². The first-order valence-corrected chi connectivity index (χ1v) is 14.5. The van der Waals surface area contributed by atoms with Crippen molar-refractivity contribution >= 4 is 17.5 Å². The van der Waals surface area contributed by atoms with E-state index in [4.69, 9.17) is 4.74 Å². The van der Waals surface area contributed by atoms with Gasteiger partial charge in [-0.15, -0.1) is 0 Å². The van der Waals surface area contributed by atoms with Gasteiger partial charge in [0.2, 0.25) is 5.91 Å². The number of aryl methyl sites for hydroxylation is 1. The number of amides is 2. The van der Waals surface area contributed by atoms with Crippen molar-refractivity contribution in [3.8, 4) is 28.0 Å². The van der Waals surface area contributed by atoms with E-state index in [9.17, 15) is 19.2 Å². The summed E-state index contributed by atoms with van der Waals surface area (Å²) in [6.07, 6.45) is 1.61. The Kier molecular flexibility index (Phi) is 8.74. The minimum atomic E-state index is -0.682. The van der Waals surface area contributed by atoms with E-state index in [0.29, 0.717) is 35.5 Å². The van der Waals surface area contributed by atoms with Crippen molar-refractivity contribution in [2.24, 2.45) is 14.1 Å². The molecule has 3 aromatic carbocycles. The highest BCUT2D eigenvalue weighted by Gasteiger charge is 2.27. The molecule has 1 saturated heterocycles. The summed E-state index contributed by atoms with van der Waals surface area (Å²) < 4.78 is 23.4. The molecule has 10 nitrogen and oxygen atoms in total. The Morgan fingerprint density at radius 3 is 2.38 bits per heavy atom. The molecule has 0 spiro atoms. The number of rotatable bonds is 8. The van der Waals surface area contributed by atoms with Crippen LogP contribution >= 0.6 is 0 Å². The summed E-state index contributed by atoms with van der Waals surface area (Å²) in [5.41, 5.74) is 4.46. The number of hydrogen-bond acceptors (Lipinski definition) is 6. The number of carbonyl (C=O) groups is 2. The van der Waals surface area contributed by atoms with Crippen molar-refractivity contribution in [3.05, 3.63) is 104 Å². The third-order valence-corrected chi connectivity index (χ3v) is 8.57. The molecular formula is C34H36FN5O5. The van der Waals surface area contributed by atoms with E-state index in [-0.39, 0.29) is 24.1 Å². The number of nitrogens with zero attached hydrogens (tertiary/aromatic N) is 3. The number of ether oxygens (including phenoxy) is 1. The predicted molar refractivity (Wildman–Crippen MR) is 171 cm³/mol. The summed E-state index contributed by atoms with van der Waals surface area (Å²) in [4.78, 5) is 51.4. The fourth-order valence-corrected chi connectivity index (χ4v) is 5.84. The smallest absolute Gasteiger partial charge is 0.330 e. The fraction of sp³-hybridized carbons (Fsp3) is 0.294. The van der Waals surface area contributed by atoms with Crippen LogP contribution in [0.4, 0.5) is 10.1 Å². The zero-order valence-electron chi connectivity index (χ0n) is 26.2. The summed E-state index contributed by atoms with van der Waals surface area (Å²) in [7, 11) is 6.19. The molecule has 1 aliphatic heterocycles. The van der Waals surface area contributed by atoms with E-state index in [0.717, 1.165) is 32.4 Å². The van der Waals surface area contributed by atoms with Crippen LogP contribution in [-0.2, 0) is 25.4 Å². The maximum atomic E-state index is 15.7. The Morgan fingerprint density at radius 2 is 1.71 bits per heavy atom. The third-order valence-electron chi connectivity index (χ3n) is 8.57. The maximum Gasteiger partial charge on any atom is 0.330 e. The number of aromatic nitrogens is 2. The van der Waals surface area contributed by atoms with Gasteiger partial charge >= 0.3 is 5.69 Å². The fourth-order valence-electron chi connectivity index (χ4n) is 5.84. The molecule has 2 amide bonds. The van der Waals surface area contributed by atoms with Gasteiger partial charge in [-0.2, -0.15) is 0 Å². The summed E-state index contributed by atoms with van der Waals surface area (Å²) >= 11 is 0. The van der Waals surface area contributed by atoms with Crippen LogP contribution in [0.1, 0.15) is 33.5 Å². The van der Waals surface area contributed by atoms with Gasteiger partial charge in [0, 0.05) is 57.1 Å². The highest BCUT2D eigenvalue weighted by molar-refractivity contribution is 6.04. The van der Waals surface area contributed by atoms with Gasteiger partial charge in [0.15, 0.2) is 0 Å². The number of hydrogen-bond donors (Lipinski definition) is 2. The number of likely N-dealkylation sites (N-methyl/N-ethyl adjacent to an activating group) is 1. The van der Waals surface area contributed by atoms with Crippen molar-refractivity contribution in [2.75, 3.05) is 26.0 Å². The lowest BCUT2D eigenvalue weighted by Crippen LogP contribution is -2.40. The zero-order valence-corrected chi connectivity index (χ0v) is 26.2. The van der Waals surface area contributed by atoms with E-state index in [1.807, 2.05) is 62.2 Å². The number of carbonyl (C=O) groups excluding carboxylic acids is 2. The maximum absolute atomic E-state index is 15.7. The van der Waals surface area contributed by atoms with Gasteiger partial charge in [-0.05, 0) is 72.5 Å². The number of benzene rings is 3. The van der Waals surface area contributed by atoms with Gasteiger partial charge in [-0.3, -0.25) is 23.9 Å². The third kappa shape index (κ3) is 6.03. The molecule has 2 N–H and O–H groups in total. The average molecular weight is 614 g/mol. The van der Waals surface area contributed by atoms with Gasteiger partial charge in [-0.1, -0.05) is 30.3 Å². The minimum Gasteiger partial charge on any atom is -0.496 e. The minimum absolute atomic E-state index is 0.0109. The summed E-state index contributed by atoms with van der Waals surface area (Å²) in [5, 5.41) is 5.64. The molecule has 1 fully saturated rings. The Labute approximate surface area is 260 Å². The highest BCUT2D eigenvalue weighted by Crippen LogP contribution is 2.38. The lowest BCUT2D eigenvalue weighted by molar-refractivity contribution is -0.119. The van der Waals surface area contributed by atoms with Gasteiger partial charge in [0.1, 0.15) is 17.1 Å². The molecular weight excluding hydrogens is 577 g/mol. The van der Waals surface area contributed by atoms with Gasteiger partial charge in [0.05, 0.1) is 7.11 Å². The zero-order chi connectivity index (χ0) is 32.6. The lowest BCUT2D eigenvalue weighted by atomic mass is 9.90. The van der Waals surface area contributed by atoms with Crippen LogP contribution in [0.25, 0.3) is 22.3 Å². The number of halogens is 1. The second-order valence-electron chi connectivity index (χ2n) is 11.4. The molecule has 1 aromatic heterocycles. The van der Waals surface area contributed by atoms with E-state index in [1.165, 1.54) is 38.0 Å². The van der Waals surface area contributed by atoms with Crippen LogP contribution in [0.3, 0.4) is 0 Å². The number of methoxy groups -OCH3 is 1. The molecule has 0 aliphatic carbocycles. The monoisotopic (exact) mass is 613 g/mol. The molecule has 5 rings (SSSR count). The lowest BCUT2D eigenvalue weighted by Gasteiger charge is -2.24. The molecule has 45 heavy (non-hydrogen) atoms. The first-order valence-electron chi connectivity index (χ1n) is 14.5. The number of nitrogens with one attached hydrogen (secondary N) is 2. The molecule has 4 aromatic rings. The van der Waals surface area contributed by atoms with Crippen LogP contribution in [-0.4, -0.2) is 52.6 Å². The summed E-state index contributed by atoms with van der Waals surface area (Å²) in [6, 6.07) is 14.6. The van der Waals surface area contributed by atoms with Crippen molar-refractivity contribution in [2.45, 2.75) is 32.9 Å². The Bertz CT molecular complexity index is 1950. The van der Waals surface area contributed by atoms with Crippen LogP contribution < -0.4 is 26.6 Å². The van der Waals surface area contributed by atoms with Crippen LogP contribution in [0, 0.1) is 19.7 Å². The molecule has 2 heterocycles. The Morgan fingerprint density at radius 1 is 1.04 bits per heavy atom. The average Bonchev–Trinajstić information content (AvgIpc) is 3.46. The quantitative estimate of drug-likeness (QED) is 0.313. The van der Waals surface area contributed by atoms with Crippen molar-refractivity contribution < 1.29 is 18.7 Å². The van der Waals surface area contributed by atoms with Gasteiger partial charge in [-0.25, -0.2) is 9.18 Å². The molecule has 11 heteroatoms. The Hall–Kier alpha value is -5.03. The van der Waals surface area contributed by atoms with Gasteiger partial charge in [0.25, 0.3) is 11.5 Å². The second kappa shape index (κ2) is 12.5. The Balaban J connectivity index is 1.47. The SMILES string of the molecule is COc1cc(-c2cccc(-c3cccc(NC(=O)c4cn(C)c(=O)n(C)c4=O)c3C)c2C)cc(F)c1CN(C)[C@@H]1CNC(=O)C1. The predicted octanol–water partition coefficient (Wildman–Crippen LogP) is 3.76. The molecule has 0 bridgehead atoms. The largest absolute Gasteiger partial charge is 0.496 e. The standard InChI is InChI=1S/C34H36FN5O5/c1-19-23(21-13-28(35)26(30(14-21)45-6)17-38(3)22-15-31(41)36-16-22)9-7-10-24(19)25-11-8-12-29(20(25)2)37-32(42)27-18-39(4)34(44)40(5)33(27)43/h7-14,18,22H,15-17H2,1-6H3,(H,36,41)(H,37,42)/t22-/m0/s1. The topological polar surface area (TPSA) is 115 Å². The highest BCUT2D eigenvalue weighted by atomic mass is 19.1. The summed E-state index contributed by atoms with van der Waals surface area (Å²) in [6.45, 7) is 4.65. The van der Waals surface area contributed by atoms with Crippen LogP contribution in [0.5, 0.6) is 5.75 Å². The van der Waals surface area contributed by atoms with Crippen LogP contribution in [0.15, 0.2) is 64.3 Å². The van der Waals surface area contributed by atoms with E-state index < -0.39 is 23.0 Å².